The van der Waals surface area contributed by atoms with Crippen LogP contribution in [0.2, 0.25) is 0 Å². The first-order valence-corrected chi connectivity index (χ1v) is 25.2. The van der Waals surface area contributed by atoms with Crippen LogP contribution in [0.4, 0.5) is 0 Å². The van der Waals surface area contributed by atoms with Gasteiger partial charge in [0.1, 0.15) is 6.17 Å². The molecule has 1 aliphatic rings. The lowest BCUT2D eigenvalue weighted by Crippen LogP contribution is -2.37. The van der Waals surface area contributed by atoms with Gasteiger partial charge in [0.2, 0.25) is 0 Å². The summed E-state index contributed by atoms with van der Waals surface area (Å²) in [6.07, 6.45) is 10.1. The molecule has 0 saturated carbocycles. The fourth-order valence-corrected chi connectivity index (χ4v) is 11.2. The summed E-state index contributed by atoms with van der Waals surface area (Å²) in [6, 6.07) is 67.0. The Hall–Kier alpha value is -7.79. The smallest absolute Gasteiger partial charge is 0.145 e. The Bertz CT molecular complexity index is 3690. The maximum Gasteiger partial charge on any atom is 0.145 e. The minimum Gasteiger partial charge on any atom is -0.358 e. The minimum atomic E-state index is -0.274. The topological polar surface area (TPSA) is 29.3 Å². The first kappa shape index (κ1) is 44.7. The maximum atomic E-state index is 5.45. The van der Waals surface area contributed by atoms with Crippen LogP contribution in [0, 0.1) is 0 Å². The maximum absolute atomic E-state index is 5.45. The highest BCUT2D eigenvalue weighted by molar-refractivity contribution is 7.17. The number of thiophene rings is 1. The quantitative estimate of drug-likeness (QED) is 0.144. The van der Waals surface area contributed by atoms with Crippen LogP contribution in [-0.2, 0) is 10.8 Å². The van der Waals surface area contributed by atoms with Gasteiger partial charge in [-0.25, -0.2) is 0 Å². The van der Waals surface area contributed by atoms with Crippen molar-refractivity contribution < 1.29 is 0 Å². The van der Waals surface area contributed by atoms with Gasteiger partial charge < -0.3 is 9.88 Å². The largest absolute Gasteiger partial charge is 0.358 e. The van der Waals surface area contributed by atoms with E-state index in [-0.39, 0.29) is 17.0 Å². The first-order chi connectivity index (χ1) is 34.0. The van der Waals surface area contributed by atoms with Gasteiger partial charge >= 0.3 is 0 Å². The Balaban J connectivity index is 1.35. The summed E-state index contributed by atoms with van der Waals surface area (Å²) in [5.74, 6) is 0. The van der Waals surface area contributed by atoms with Crippen molar-refractivity contribution in [3.8, 4) is 39.1 Å². The third-order valence-electron chi connectivity index (χ3n) is 13.7. The van der Waals surface area contributed by atoms with Crippen molar-refractivity contribution in [2.24, 2.45) is 4.99 Å². The highest BCUT2D eigenvalue weighted by Crippen LogP contribution is 2.48. The Morgan fingerprint density at radius 3 is 1.59 bits per heavy atom. The summed E-state index contributed by atoms with van der Waals surface area (Å²) >= 11 is 1.80. The van der Waals surface area contributed by atoms with Crippen LogP contribution < -0.4 is 15.2 Å². The van der Waals surface area contributed by atoms with E-state index in [9.17, 15) is 0 Å². The number of allylic oxidation sites excluding steroid dienone is 4. The molecule has 0 fully saturated rings. The summed E-state index contributed by atoms with van der Waals surface area (Å²) in [7, 11) is 0. The summed E-state index contributed by atoms with van der Waals surface area (Å²) in [5, 5.41) is 8.68. The molecule has 0 aliphatic carbocycles. The van der Waals surface area contributed by atoms with Crippen LogP contribution in [0.25, 0.3) is 82.7 Å². The average molecular weight is 924 g/mol. The fraction of sp³-hybridized carbons (Fsp3) is 0.136. The molecule has 70 heavy (non-hydrogen) atoms. The first-order valence-electron chi connectivity index (χ1n) is 24.4. The Kier molecular flexibility index (Phi) is 11.5. The lowest BCUT2D eigenvalue weighted by atomic mass is 9.82. The van der Waals surface area contributed by atoms with E-state index in [1.807, 2.05) is 12.2 Å². The lowest BCUT2D eigenvalue weighted by molar-refractivity contribution is 0.590. The molecule has 1 N–H and O–H groups in total. The normalized spacial score (nSPS) is 14.1. The number of fused-ring (bicyclic) bond motifs is 6. The van der Waals surface area contributed by atoms with Gasteiger partial charge in [-0.2, -0.15) is 0 Å². The van der Waals surface area contributed by atoms with E-state index in [1.54, 1.807) is 11.3 Å². The SMILES string of the molecule is C=C/C=C\C=C\c1cc(C2=c3sc4ccccc4c3=NC(c3ccccc3)N2)cc(-c2ccccc2)c1-n1c2c(-c3ccccc3)cc(C(C)(C)C)cc2c2cc(C(C)(C)C)cc(-c3ccccc3)c21. The van der Waals surface area contributed by atoms with E-state index in [4.69, 9.17) is 4.99 Å². The van der Waals surface area contributed by atoms with Gasteiger partial charge in [-0.3, -0.25) is 4.99 Å². The standard InChI is InChI=1S/C66H57N3S/c1-8-9-10-15-34-47-37-48(58-63-59(51-35-24-25-36-57(51)70-63)68-64(67-58)46-32-22-14-23-33-46)38-52(43-26-16-11-17-27-43)60(47)69-61-53(44-28-18-12-19-29-44)39-49(65(2,3)4)41-55(61)56-42-50(66(5,6)7)40-54(62(56)69)45-30-20-13-21-31-45/h8-42,64,67H,1H2,2-7H3/b10-9-,34-15+. The molecule has 3 heterocycles. The van der Waals surface area contributed by atoms with Crippen molar-refractivity contribution >= 4 is 55.0 Å². The molecule has 10 aromatic rings. The molecule has 8 aromatic carbocycles. The molecular formula is C66H57N3S. The van der Waals surface area contributed by atoms with E-state index in [2.05, 4.69) is 258 Å². The van der Waals surface area contributed by atoms with Crippen LogP contribution in [0.15, 0.2) is 218 Å². The molecule has 11 rings (SSSR count). The fourth-order valence-electron chi connectivity index (χ4n) is 10.1. The van der Waals surface area contributed by atoms with Crippen molar-refractivity contribution in [2.45, 2.75) is 58.5 Å². The highest BCUT2D eigenvalue weighted by Gasteiger charge is 2.30. The molecule has 342 valence electrons. The Labute approximate surface area is 415 Å². The van der Waals surface area contributed by atoms with Crippen molar-refractivity contribution in [1.29, 1.82) is 0 Å². The van der Waals surface area contributed by atoms with Gasteiger partial charge in [-0.05, 0) is 92.2 Å². The van der Waals surface area contributed by atoms with Gasteiger partial charge in [0.15, 0.2) is 0 Å². The van der Waals surface area contributed by atoms with Gasteiger partial charge in [-0.1, -0.05) is 218 Å². The van der Waals surface area contributed by atoms with Crippen LogP contribution in [0.3, 0.4) is 0 Å². The van der Waals surface area contributed by atoms with Gasteiger partial charge in [-0.15, -0.1) is 11.3 Å². The second-order valence-electron chi connectivity index (χ2n) is 20.5. The average Bonchev–Trinajstić information content (AvgIpc) is 3.93. The van der Waals surface area contributed by atoms with E-state index in [0.29, 0.717) is 0 Å². The molecule has 1 atom stereocenters. The third-order valence-corrected chi connectivity index (χ3v) is 14.9. The molecule has 2 aromatic heterocycles. The van der Waals surface area contributed by atoms with Crippen LogP contribution >= 0.6 is 11.3 Å². The molecular weight excluding hydrogens is 867 g/mol. The number of hydrogen-bond acceptors (Lipinski definition) is 3. The molecule has 0 radical (unpaired) electrons. The van der Waals surface area contributed by atoms with E-state index in [0.717, 1.165) is 49.1 Å². The van der Waals surface area contributed by atoms with Crippen LogP contribution in [-0.4, -0.2) is 4.57 Å². The molecule has 0 spiro atoms. The molecule has 4 heteroatoms. The molecule has 0 saturated heterocycles. The number of nitrogens with one attached hydrogen (secondary N) is 1. The summed E-state index contributed by atoms with van der Waals surface area (Å²) in [6.45, 7) is 18.0. The number of aromatic nitrogens is 1. The number of benzene rings is 8. The molecule has 1 aliphatic heterocycles. The second-order valence-corrected chi connectivity index (χ2v) is 21.5. The Morgan fingerprint density at radius 1 is 0.529 bits per heavy atom. The predicted octanol–water partition coefficient (Wildman–Crippen LogP) is 16.4. The molecule has 1 unspecified atom stereocenters. The lowest BCUT2D eigenvalue weighted by Gasteiger charge is -2.26. The molecule has 0 bridgehead atoms. The summed E-state index contributed by atoms with van der Waals surface area (Å²) < 4.78 is 4.99. The molecule has 0 amide bonds. The van der Waals surface area contributed by atoms with E-state index in [1.165, 1.54) is 65.3 Å². The monoisotopic (exact) mass is 923 g/mol. The van der Waals surface area contributed by atoms with Crippen LogP contribution in [0.1, 0.15) is 75.5 Å². The Morgan fingerprint density at radius 2 is 1.04 bits per heavy atom. The molecule has 3 nitrogen and oxygen atoms in total. The second kappa shape index (κ2) is 17.9. The van der Waals surface area contributed by atoms with E-state index >= 15 is 0 Å². The third kappa shape index (κ3) is 8.12. The van der Waals surface area contributed by atoms with E-state index < -0.39 is 0 Å². The zero-order valence-corrected chi connectivity index (χ0v) is 41.6. The van der Waals surface area contributed by atoms with Crippen molar-refractivity contribution in [1.82, 2.24) is 9.88 Å². The zero-order valence-electron chi connectivity index (χ0n) is 40.8. The van der Waals surface area contributed by atoms with Gasteiger partial charge in [0.05, 0.1) is 32.3 Å². The van der Waals surface area contributed by atoms with Crippen LogP contribution in [0.5, 0.6) is 0 Å². The van der Waals surface area contributed by atoms with Crippen molar-refractivity contribution in [3.05, 3.63) is 251 Å². The van der Waals surface area contributed by atoms with Crippen molar-refractivity contribution in [3.63, 3.8) is 0 Å². The number of hydrogen-bond donors (Lipinski definition) is 1. The summed E-state index contributed by atoms with van der Waals surface area (Å²) in [4.78, 5) is 5.45. The zero-order chi connectivity index (χ0) is 48.1. The van der Waals surface area contributed by atoms with Crippen molar-refractivity contribution in [2.75, 3.05) is 0 Å². The van der Waals surface area contributed by atoms with Gasteiger partial charge in [0, 0.05) is 43.1 Å². The minimum absolute atomic E-state index is 0.113. The number of rotatable bonds is 9. The van der Waals surface area contributed by atoms with Gasteiger partial charge in [0.25, 0.3) is 0 Å². The predicted molar refractivity (Wildman–Crippen MR) is 300 cm³/mol. The highest BCUT2D eigenvalue weighted by atomic mass is 32.1. The number of nitrogens with zero attached hydrogens (tertiary/aromatic N) is 2. The summed E-state index contributed by atoms with van der Waals surface area (Å²) in [5.41, 5.74) is 17.2.